The molecule has 1 saturated heterocycles. The van der Waals surface area contributed by atoms with Crippen LogP contribution in [0.2, 0.25) is 0 Å². The molecule has 0 aliphatic carbocycles. The summed E-state index contributed by atoms with van der Waals surface area (Å²) < 4.78 is 38.5. The van der Waals surface area contributed by atoms with Crippen LogP contribution in [0.4, 0.5) is 13.2 Å². The van der Waals surface area contributed by atoms with Crippen molar-refractivity contribution in [3.05, 3.63) is 33.8 Å². The van der Waals surface area contributed by atoms with E-state index in [0.717, 1.165) is 37.6 Å². The number of hydrogen-bond acceptors (Lipinski definition) is 1. The van der Waals surface area contributed by atoms with E-state index in [4.69, 9.17) is 0 Å². The first-order chi connectivity index (χ1) is 8.00. The summed E-state index contributed by atoms with van der Waals surface area (Å²) in [4.78, 5) is 0. The SMILES string of the molecule is FC(F)(F)c1cccc(C2CCNCC2)c1Br. The second-order valence-corrected chi connectivity index (χ2v) is 5.02. The standard InChI is InChI=1S/C12H13BrF3N/c13-11-9(8-4-6-17-7-5-8)2-1-3-10(11)12(14,15)16/h1-3,8,17H,4-7H2. The molecule has 2 rings (SSSR count). The fourth-order valence-corrected chi connectivity index (χ4v) is 3.03. The normalized spacial score (nSPS) is 18.4. The van der Waals surface area contributed by atoms with Crippen molar-refractivity contribution < 1.29 is 13.2 Å². The summed E-state index contributed by atoms with van der Waals surface area (Å²) in [7, 11) is 0. The highest BCUT2D eigenvalue weighted by Crippen LogP contribution is 2.40. The first kappa shape index (κ1) is 12.9. The Balaban J connectivity index is 2.35. The fraction of sp³-hybridized carbons (Fsp3) is 0.500. The maximum absolute atomic E-state index is 12.8. The molecule has 5 heteroatoms. The Morgan fingerprint density at radius 3 is 2.41 bits per heavy atom. The maximum atomic E-state index is 12.8. The molecule has 0 unspecified atom stereocenters. The van der Waals surface area contributed by atoms with E-state index in [1.165, 1.54) is 6.07 Å². The van der Waals surface area contributed by atoms with Gasteiger partial charge in [0.25, 0.3) is 0 Å². The Morgan fingerprint density at radius 1 is 1.18 bits per heavy atom. The molecular formula is C12H13BrF3N. The van der Waals surface area contributed by atoms with Crippen molar-refractivity contribution in [3.63, 3.8) is 0 Å². The molecule has 1 heterocycles. The van der Waals surface area contributed by atoms with Crippen molar-refractivity contribution in [1.29, 1.82) is 0 Å². The van der Waals surface area contributed by atoms with Crippen LogP contribution in [0.3, 0.4) is 0 Å². The first-order valence-corrected chi connectivity index (χ1v) is 6.36. The summed E-state index contributed by atoms with van der Waals surface area (Å²) >= 11 is 3.11. The third kappa shape index (κ3) is 2.83. The topological polar surface area (TPSA) is 12.0 Å². The summed E-state index contributed by atoms with van der Waals surface area (Å²) in [6.07, 6.45) is -2.51. The van der Waals surface area contributed by atoms with Crippen LogP contribution < -0.4 is 5.32 Å². The molecule has 1 aliphatic heterocycles. The number of nitrogens with one attached hydrogen (secondary N) is 1. The monoisotopic (exact) mass is 307 g/mol. The summed E-state index contributed by atoms with van der Waals surface area (Å²) in [6, 6.07) is 4.40. The molecule has 0 aromatic heterocycles. The lowest BCUT2D eigenvalue weighted by molar-refractivity contribution is -0.138. The number of hydrogen-bond donors (Lipinski definition) is 1. The van der Waals surface area contributed by atoms with Crippen molar-refractivity contribution in [3.8, 4) is 0 Å². The Bertz CT molecular complexity index is 397. The van der Waals surface area contributed by atoms with Crippen molar-refractivity contribution in [1.82, 2.24) is 5.32 Å². The summed E-state index contributed by atoms with van der Waals surface area (Å²) in [5.41, 5.74) is 0.204. The molecule has 1 fully saturated rings. The quantitative estimate of drug-likeness (QED) is 0.829. The lowest BCUT2D eigenvalue weighted by atomic mass is 9.89. The van der Waals surface area contributed by atoms with Gasteiger partial charge in [-0.3, -0.25) is 0 Å². The lowest BCUT2D eigenvalue weighted by Gasteiger charge is -2.25. The number of halogens is 4. The zero-order valence-corrected chi connectivity index (χ0v) is 10.7. The molecule has 0 spiro atoms. The molecule has 1 aromatic rings. The number of piperidine rings is 1. The number of alkyl halides is 3. The largest absolute Gasteiger partial charge is 0.417 e. The van der Waals surface area contributed by atoms with Crippen molar-refractivity contribution in [2.24, 2.45) is 0 Å². The molecule has 17 heavy (non-hydrogen) atoms. The molecule has 94 valence electrons. The van der Waals surface area contributed by atoms with Gasteiger partial charge in [0.2, 0.25) is 0 Å². The van der Waals surface area contributed by atoms with Gasteiger partial charge in [-0.25, -0.2) is 0 Å². The van der Waals surface area contributed by atoms with Crippen LogP contribution in [-0.4, -0.2) is 13.1 Å². The predicted octanol–water partition coefficient (Wildman–Crippen LogP) is 3.93. The number of benzene rings is 1. The lowest BCUT2D eigenvalue weighted by Crippen LogP contribution is -2.27. The Hall–Kier alpha value is -0.550. The molecule has 1 N–H and O–H groups in total. The summed E-state index contributed by atoms with van der Waals surface area (Å²) in [5, 5.41) is 3.21. The van der Waals surface area contributed by atoms with Gasteiger partial charge in [0.15, 0.2) is 0 Å². The minimum absolute atomic E-state index is 0.208. The smallest absolute Gasteiger partial charge is 0.317 e. The second-order valence-electron chi connectivity index (χ2n) is 4.23. The summed E-state index contributed by atoms with van der Waals surface area (Å²) in [5.74, 6) is 0.216. The van der Waals surface area contributed by atoms with Crippen molar-refractivity contribution in [2.75, 3.05) is 13.1 Å². The van der Waals surface area contributed by atoms with Gasteiger partial charge >= 0.3 is 6.18 Å². The van der Waals surface area contributed by atoms with E-state index in [9.17, 15) is 13.2 Å². The van der Waals surface area contributed by atoms with E-state index >= 15 is 0 Å². The fourth-order valence-electron chi connectivity index (χ4n) is 2.22. The van der Waals surface area contributed by atoms with Crippen molar-refractivity contribution >= 4 is 15.9 Å². The van der Waals surface area contributed by atoms with Gasteiger partial charge in [-0.15, -0.1) is 0 Å². The first-order valence-electron chi connectivity index (χ1n) is 5.56. The van der Waals surface area contributed by atoms with Crippen LogP contribution in [0.1, 0.15) is 29.9 Å². The third-order valence-electron chi connectivity index (χ3n) is 3.11. The van der Waals surface area contributed by atoms with E-state index < -0.39 is 11.7 Å². The highest BCUT2D eigenvalue weighted by molar-refractivity contribution is 9.10. The van der Waals surface area contributed by atoms with Gasteiger partial charge in [0, 0.05) is 4.47 Å². The number of rotatable bonds is 1. The molecule has 0 atom stereocenters. The van der Waals surface area contributed by atoms with Gasteiger partial charge in [0.05, 0.1) is 5.56 Å². The molecule has 1 aliphatic rings. The minimum atomic E-state index is -4.29. The second kappa shape index (κ2) is 4.98. The summed E-state index contributed by atoms with van der Waals surface area (Å²) in [6.45, 7) is 1.74. The van der Waals surface area contributed by atoms with E-state index in [1.54, 1.807) is 6.07 Å². The predicted molar refractivity (Wildman–Crippen MR) is 64.0 cm³/mol. The zero-order chi connectivity index (χ0) is 12.5. The average molecular weight is 308 g/mol. The highest BCUT2D eigenvalue weighted by atomic mass is 79.9. The average Bonchev–Trinajstić information content (AvgIpc) is 2.29. The third-order valence-corrected chi connectivity index (χ3v) is 4.00. The minimum Gasteiger partial charge on any atom is -0.317 e. The van der Waals surface area contributed by atoms with Crippen LogP contribution in [0.5, 0.6) is 0 Å². The Morgan fingerprint density at radius 2 is 1.82 bits per heavy atom. The van der Waals surface area contributed by atoms with Crippen LogP contribution in [0.15, 0.2) is 22.7 Å². The van der Waals surface area contributed by atoms with E-state index in [0.29, 0.717) is 0 Å². The van der Waals surface area contributed by atoms with Crippen LogP contribution in [0, 0.1) is 0 Å². The van der Waals surface area contributed by atoms with Gasteiger partial charge in [0.1, 0.15) is 0 Å². The van der Waals surface area contributed by atoms with Crippen LogP contribution >= 0.6 is 15.9 Å². The van der Waals surface area contributed by atoms with Crippen LogP contribution in [-0.2, 0) is 6.18 Å². The van der Waals surface area contributed by atoms with Gasteiger partial charge in [-0.2, -0.15) is 13.2 Å². The molecule has 0 bridgehead atoms. The van der Waals surface area contributed by atoms with E-state index in [-0.39, 0.29) is 10.4 Å². The molecule has 1 aromatic carbocycles. The molecule has 0 amide bonds. The van der Waals surface area contributed by atoms with Gasteiger partial charge in [-0.1, -0.05) is 12.1 Å². The van der Waals surface area contributed by atoms with Gasteiger partial charge in [-0.05, 0) is 59.4 Å². The van der Waals surface area contributed by atoms with Gasteiger partial charge < -0.3 is 5.32 Å². The highest BCUT2D eigenvalue weighted by Gasteiger charge is 2.34. The Kier molecular flexibility index (Phi) is 3.78. The van der Waals surface area contributed by atoms with E-state index in [1.807, 2.05) is 0 Å². The van der Waals surface area contributed by atoms with E-state index in [2.05, 4.69) is 21.2 Å². The van der Waals surface area contributed by atoms with Crippen LogP contribution in [0.25, 0.3) is 0 Å². The molecule has 0 radical (unpaired) electrons. The zero-order valence-electron chi connectivity index (χ0n) is 9.15. The maximum Gasteiger partial charge on any atom is 0.417 e. The Labute approximate surface area is 107 Å². The van der Waals surface area contributed by atoms with Crippen molar-refractivity contribution in [2.45, 2.75) is 24.9 Å². The molecular weight excluding hydrogens is 295 g/mol. The molecule has 0 saturated carbocycles. The molecule has 1 nitrogen and oxygen atoms in total.